The summed E-state index contributed by atoms with van der Waals surface area (Å²) in [5.41, 5.74) is 0. The number of nitrogens with one attached hydrogen (secondary N) is 1. The highest BCUT2D eigenvalue weighted by Crippen LogP contribution is 2.05. The summed E-state index contributed by atoms with van der Waals surface area (Å²) >= 11 is 0. The Hall–Kier alpha value is -0.700. The van der Waals surface area contributed by atoms with Crippen molar-refractivity contribution in [1.29, 1.82) is 0 Å². The molecule has 1 N–H and O–H groups in total. The van der Waals surface area contributed by atoms with Crippen molar-refractivity contribution in [3.63, 3.8) is 0 Å². The molecule has 0 aliphatic heterocycles. The van der Waals surface area contributed by atoms with Crippen LogP contribution in [-0.4, -0.2) is 24.7 Å². The minimum absolute atomic E-state index is 0.0952. The Morgan fingerprint density at radius 2 is 1.61 bits per heavy atom. The van der Waals surface area contributed by atoms with Gasteiger partial charge in [-0.1, -0.05) is 27.7 Å². The molecule has 3 nitrogen and oxygen atoms in total. The molecule has 0 aliphatic carbocycles. The maximum absolute atomic E-state index is 11.5. The molecule has 3 heteroatoms. The van der Waals surface area contributed by atoms with Crippen molar-refractivity contribution in [3.05, 3.63) is 0 Å². The Morgan fingerprint density at radius 1 is 0.944 bits per heavy atom. The molecule has 0 aromatic rings. The molecule has 0 aromatic heterocycles. The monoisotopic (exact) mass is 255 g/mol. The highest BCUT2D eigenvalue weighted by Gasteiger charge is 2.08. The quantitative estimate of drug-likeness (QED) is 0.577. The molecular formula is C15H29NO2. The average molecular weight is 255 g/mol. The van der Waals surface area contributed by atoms with Crippen LogP contribution in [0.15, 0.2) is 0 Å². The predicted molar refractivity (Wildman–Crippen MR) is 75.6 cm³/mol. The molecule has 0 rings (SSSR count). The first kappa shape index (κ1) is 17.3. The van der Waals surface area contributed by atoms with Gasteiger partial charge in [0.25, 0.3) is 0 Å². The largest absolute Gasteiger partial charge is 0.316 e. The van der Waals surface area contributed by atoms with Gasteiger partial charge in [-0.05, 0) is 25.3 Å². The second kappa shape index (κ2) is 10.2. The van der Waals surface area contributed by atoms with E-state index in [-0.39, 0.29) is 17.5 Å². The highest BCUT2D eigenvalue weighted by molar-refractivity contribution is 5.82. The first-order chi connectivity index (χ1) is 8.43. The van der Waals surface area contributed by atoms with Crippen LogP contribution in [0.2, 0.25) is 0 Å². The van der Waals surface area contributed by atoms with Crippen molar-refractivity contribution < 1.29 is 9.59 Å². The van der Waals surface area contributed by atoms with Crippen LogP contribution in [0.4, 0.5) is 0 Å². The molecule has 0 aliphatic rings. The number of Topliss-reactive ketones (excluding diaryl/α,β-unsaturated/α-hetero) is 2. The fourth-order valence-corrected chi connectivity index (χ4v) is 1.62. The van der Waals surface area contributed by atoms with Gasteiger partial charge in [-0.3, -0.25) is 9.59 Å². The van der Waals surface area contributed by atoms with E-state index in [0.29, 0.717) is 31.6 Å². The summed E-state index contributed by atoms with van der Waals surface area (Å²) in [5.74, 6) is 1.33. The molecule has 18 heavy (non-hydrogen) atoms. The first-order valence-corrected chi connectivity index (χ1v) is 7.18. The lowest BCUT2D eigenvalue weighted by molar-refractivity contribution is -0.122. The van der Waals surface area contributed by atoms with Crippen LogP contribution in [-0.2, 0) is 9.59 Å². The van der Waals surface area contributed by atoms with Crippen LogP contribution in [0.5, 0.6) is 0 Å². The lowest BCUT2D eigenvalue weighted by Crippen LogP contribution is -2.20. The number of hydrogen-bond donors (Lipinski definition) is 1. The van der Waals surface area contributed by atoms with Crippen molar-refractivity contribution in [3.8, 4) is 0 Å². The normalized spacial score (nSPS) is 11.2. The van der Waals surface area contributed by atoms with Crippen LogP contribution in [0, 0.1) is 11.8 Å². The van der Waals surface area contributed by atoms with Gasteiger partial charge in [0, 0.05) is 31.7 Å². The summed E-state index contributed by atoms with van der Waals surface area (Å²) in [6.45, 7) is 9.95. The second-order valence-electron chi connectivity index (χ2n) is 5.70. The summed E-state index contributed by atoms with van der Waals surface area (Å²) in [4.78, 5) is 22.9. The van der Waals surface area contributed by atoms with E-state index in [1.807, 2.05) is 13.8 Å². The first-order valence-electron chi connectivity index (χ1n) is 7.18. The van der Waals surface area contributed by atoms with Crippen LogP contribution >= 0.6 is 0 Å². The van der Waals surface area contributed by atoms with E-state index in [2.05, 4.69) is 19.2 Å². The molecule has 0 unspecified atom stereocenters. The van der Waals surface area contributed by atoms with E-state index in [0.717, 1.165) is 19.5 Å². The third kappa shape index (κ3) is 10.5. The van der Waals surface area contributed by atoms with Crippen molar-refractivity contribution in [2.24, 2.45) is 11.8 Å². The Labute approximate surface area is 112 Å². The SMILES string of the molecule is CC(C)CCNCCC(=O)CCCC(=O)C(C)C. The number of carbonyl (C=O) groups excluding carboxylic acids is 2. The minimum Gasteiger partial charge on any atom is -0.316 e. The zero-order chi connectivity index (χ0) is 14.0. The van der Waals surface area contributed by atoms with Gasteiger partial charge in [0.05, 0.1) is 0 Å². The number of hydrogen-bond acceptors (Lipinski definition) is 3. The summed E-state index contributed by atoms with van der Waals surface area (Å²) in [6.07, 6.45) is 3.54. The van der Waals surface area contributed by atoms with Crippen molar-refractivity contribution >= 4 is 11.6 Å². The van der Waals surface area contributed by atoms with Crippen LogP contribution in [0.25, 0.3) is 0 Å². The van der Waals surface area contributed by atoms with Crippen molar-refractivity contribution in [2.45, 2.75) is 59.8 Å². The molecule has 0 saturated carbocycles. The standard InChI is InChI=1S/C15H29NO2/c1-12(2)8-10-16-11-9-14(17)6-5-7-15(18)13(3)4/h12-13,16H,5-11H2,1-4H3. The van der Waals surface area contributed by atoms with E-state index in [1.165, 1.54) is 0 Å². The Bertz CT molecular complexity index is 247. The summed E-state index contributed by atoms with van der Waals surface area (Å²) < 4.78 is 0. The fourth-order valence-electron chi connectivity index (χ4n) is 1.62. The fraction of sp³-hybridized carbons (Fsp3) is 0.867. The third-order valence-corrected chi connectivity index (χ3v) is 3.00. The number of rotatable bonds is 11. The van der Waals surface area contributed by atoms with E-state index < -0.39 is 0 Å². The van der Waals surface area contributed by atoms with Gasteiger partial charge in [-0.25, -0.2) is 0 Å². The van der Waals surface area contributed by atoms with Gasteiger partial charge in [-0.15, -0.1) is 0 Å². The van der Waals surface area contributed by atoms with Crippen molar-refractivity contribution in [1.82, 2.24) is 5.32 Å². The zero-order valence-electron chi connectivity index (χ0n) is 12.4. The van der Waals surface area contributed by atoms with Gasteiger partial charge < -0.3 is 5.32 Å². The Morgan fingerprint density at radius 3 is 2.17 bits per heavy atom. The van der Waals surface area contributed by atoms with Gasteiger partial charge >= 0.3 is 0 Å². The molecule has 0 spiro atoms. The number of carbonyl (C=O) groups is 2. The van der Waals surface area contributed by atoms with Gasteiger partial charge in [0.15, 0.2) is 0 Å². The van der Waals surface area contributed by atoms with Crippen LogP contribution in [0.1, 0.15) is 59.8 Å². The number of ketones is 2. The molecule has 0 bridgehead atoms. The topological polar surface area (TPSA) is 46.2 Å². The zero-order valence-corrected chi connectivity index (χ0v) is 12.4. The van der Waals surface area contributed by atoms with Gasteiger partial charge in [0.1, 0.15) is 11.6 Å². The lowest BCUT2D eigenvalue weighted by atomic mass is 10.0. The Kier molecular flexibility index (Phi) is 9.85. The maximum Gasteiger partial charge on any atom is 0.135 e. The molecular weight excluding hydrogens is 226 g/mol. The van der Waals surface area contributed by atoms with E-state index in [4.69, 9.17) is 0 Å². The van der Waals surface area contributed by atoms with Crippen LogP contribution < -0.4 is 5.32 Å². The second-order valence-corrected chi connectivity index (χ2v) is 5.70. The average Bonchev–Trinajstić information content (AvgIpc) is 2.27. The molecule has 0 aromatic carbocycles. The minimum atomic E-state index is 0.0952. The molecule has 106 valence electrons. The molecule has 0 saturated heterocycles. The molecule has 0 fully saturated rings. The maximum atomic E-state index is 11.5. The van der Waals surface area contributed by atoms with E-state index in [9.17, 15) is 9.59 Å². The van der Waals surface area contributed by atoms with Crippen molar-refractivity contribution in [2.75, 3.05) is 13.1 Å². The summed E-state index contributed by atoms with van der Waals surface area (Å²) in [7, 11) is 0. The lowest BCUT2D eigenvalue weighted by Gasteiger charge is -2.06. The summed E-state index contributed by atoms with van der Waals surface area (Å²) in [5, 5.41) is 3.28. The Balaban J connectivity index is 3.41. The molecule has 0 radical (unpaired) electrons. The smallest absolute Gasteiger partial charge is 0.135 e. The molecule has 0 heterocycles. The highest BCUT2D eigenvalue weighted by atomic mass is 16.1. The molecule has 0 atom stereocenters. The van der Waals surface area contributed by atoms with Gasteiger partial charge in [-0.2, -0.15) is 0 Å². The molecule has 0 amide bonds. The third-order valence-electron chi connectivity index (χ3n) is 3.00. The predicted octanol–water partition coefficient (Wildman–Crippen LogP) is 2.98. The van der Waals surface area contributed by atoms with Gasteiger partial charge in [0.2, 0.25) is 0 Å². The van der Waals surface area contributed by atoms with E-state index in [1.54, 1.807) is 0 Å². The summed E-state index contributed by atoms with van der Waals surface area (Å²) in [6, 6.07) is 0. The van der Waals surface area contributed by atoms with Crippen LogP contribution in [0.3, 0.4) is 0 Å². The van der Waals surface area contributed by atoms with E-state index >= 15 is 0 Å².